The highest BCUT2D eigenvalue weighted by molar-refractivity contribution is 5.65. The van der Waals surface area contributed by atoms with E-state index < -0.39 is 0 Å². The summed E-state index contributed by atoms with van der Waals surface area (Å²) >= 11 is 0. The first kappa shape index (κ1) is 13.1. The predicted molar refractivity (Wildman–Crippen MR) is 75.9 cm³/mol. The normalized spacial score (nSPS) is 10.8. The fourth-order valence-corrected chi connectivity index (χ4v) is 1.87. The third-order valence-corrected chi connectivity index (χ3v) is 3.13. The Labute approximate surface area is 119 Å². The van der Waals surface area contributed by atoms with E-state index in [1.165, 1.54) is 12.1 Å². The van der Waals surface area contributed by atoms with Crippen molar-refractivity contribution in [3.05, 3.63) is 47.8 Å². The first-order valence-corrected chi connectivity index (χ1v) is 6.23. The van der Waals surface area contributed by atoms with E-state index in [2.05, 4.69) is 10.1 Å². The number of benzene rings is 2. The average Bonchev–Trinajstić information content (AvgIpc) is 2.94. The van der Waals surface area contributed by atoms with Crippen molar-refractivity contribution in [2.75, 3.05) is 5.73 Å². The monoisotopic (exact) mass is 285 g/mol. The summed E-state index contributed by atoms with van der Waals surface area (Å²) < 4.78 is 18.7. The second-order valence-corrected chi connectivity index (χ2v) is 4.66. The van der Waals surface area contributed by atoms with Gasteiger partial charge in [0.05, 0.1) is 5.69 Å². The zero-order valence-electron chi connectivity index (χ0n) is 11.2. The van der Waals surface area contributed by atoms with Gasteiger partial charge in [-0.3, -0.25) is 0 Å². The number of aromatic nitrogens is 2. The van der Waals surface area contributed by atoms with Crippen molar-refractivity contribution in [2.24, 2.45) is 0 Å². The maximum Gasteiger partial charge on any atom is 0.258 e. The Kier molecular flexibility index (Phi) is 3.06. The van der Waals surface area contributed by atoms with Crippen LogP contribution in [0.5, 0.6) is 5.75 Å². The Bertz CT molecular complexity index is 748. The molecule has 0 saturated carbocycles. The lowest BCUT2D eigenvalue weighted by molar-refractivity contribution is 0.431. The molecule has 5 nitrogen and oxygen atoms in total. The van der Waals surface area contributed by atoms with E-state index in [1.807, 2.05) is 0 Å². The first-order chi connectivity index (χ1) is 10.0. The summed E-state index contributed by atoms with van der Waals surface area (Å²) in [5.41, 5.74) is 7.40. The van der Waals surface area contributed by atoms with Gasteiger partial charge in [0.1, 0.15) is 11.6 Å². The highest BCUT2D eigenvalue weighted by Gasteiger charge is 2.13. The van der Waals surface area contributed by atoms with Gasteiger partial charge in [0.15, 0.2) is 0 Å². The summed E-state index contributed by atoms with van der Waals surface area (Å²) in [6.45, 7) is 1.68. The Morgan fingerprint density at radius 1 is 1.14 bits per heavy atom. The molecule has 0 aliphatic rings. The molecule has 6 heteroatoms. The van der Waals surface area contributed by atoms with Crippen LogP contribution in [-0.2, 0) is 0 Å². The molecular weight excluding hydrogens is 273 g/mol. The van der Waals surface area contributed by atoms with Gasteiger partial charge in [-0.1, -0.05) is 17.3 Å². The van der Waals surface area contributed by atoms with E-state index in [-0.39, 0.29) is 29.0 Å². The van der Waals surface area contributed by atoms with Crippen molar-refractivity contribution >= 4 is 5.69 Å². The SMILES string of the molecule is Cc1ccc(-c2noc(-c3ccc(N)c(O)c3)n2)cc1F. The van der Waals surface area contributed by atoms with E-state index in [0.29, 0.717) is 16.7 Å². The van der Waals surface area contributed by atoms with E-state index in [0.717, 1.165) is 0 Å². The van der Waals surface area contributed by atoms with Gasteiger partial charge >= 0.3 is 0 Å². The van der Waals surface area contributed by atoms with Crippen LogP contribution in [0.25, 0.3) is 22.8 Å². The number of halogens is 1. The highest BCUT2D eigenvalue weighted by atomic mass is 19.1. The van der Waals surface area contributed by atoms with E-state index in [9.17, 15) is 9.50 Å². The van der Waals surface area contributed by atoms with Crippen LogP contribution in [0.4, 0.5) is 10.1 Å². The minimum absolute atomic E-state index is 0.0615. The molecule has 1 aromatic heterocycles. The third kappa shape index (κ3) is 2.43. The molecule has 0 unspecified atom stereocenters. The number of hydrogen-bond donors (Lipinski definition) is 2. The number of phenolic OH excluding ortho intramolecular Hbond substituents is 1. The van der Waals surface area contributed by atoms with Crippen molar-refractivity contribution in [3.8, 4) is 28.6 Å². The Morgan fingerprint density at radius 2 is 1.90 bits per heavy atom. The molecule has 0 aliphatic heterocycles. The molecule has 3 aromatic rings. The Hall–Kier alpha value is -2.89. The zero-order valence-corrected chi connectivity index (χ0v) is 11.2. The van der Waals surface area contributed by atoms with Gasteiger partial charge in [0.2, 0.25) is 5.82 Å². The standard InChI is InChI=1S/C15H12FN3O2/c1-8-2-3-9(6-11(8)16)14-18-15(21-19-14)10-4-5-12(17)13(20)7-10/h2-7,20H,17H2,1H3. The fourth-order valence-electron chi connectivity index (χ4n) is 1.87. The van der Waals surface area contributed by atoms with Crippen molar-refractivity contribution in [1.82, 2.24) is 10.1 Å². The van der Waals surface area contributed by atoms with Gasteiger partial charge < -0.3 is 15.4 Å². The molecule has 0 bridgehead atoms. The van der Waals surface area contributed by atoms with E-state index in [1.54, 1.807) is 31.2 Å². The van der Waals surface area contributed by atoms with Gasteiger partial charge in [-0.15, -0.1) is 0 Å². The van der Waals surface area contributed by atoms with Crippen LogP contribution in [0, 0.1) is 12.7 Å². The van der Waals surface area contributed by atoms with Crippen LogP contribution < -0.4 is 5.73 Å². The van der Waals surface area contributed by atoms with Gasteiger partial charge in [-0.2, -0.15) is 4.98 Å². The fraction of sp³-hybridized carbons (Fsp3) is 0.0667. The molecule has 21 heavy (non-hydrogen) atoms. The average molecular weight is 285 g/mol. The summed E-state index contributed by atoms with van der Waals surface area (Å²) in [6.07, 6.45) is 0. The number of aromatic hydroxyl groups is 1. The topological polar surface area (TPSA) is 85.2 Å². The minimum Gasteiger partial charge on any atom is -0.506 e. The molecule has 1 heterocycles. The summed E-state index contributed by atoms with van der Waals surface area (Å²) in [6, 6.07) is 9.35. The van der Waals surface area contributed by atoms with Crippen molar-refractivity contribution in [1.29, 1.82) is 0 Å². The molecular formula is C15H12FN3O2. The number of hydrogen-bond acceptors (Lipinski definition) is 5. The largest absolute Gasteiger partial charge is 0.506 e. The lowest BCUT2D eigenvalue weighted by atomic mass is 10.1. The molecule has 106 valence electrons. The molecule has 3 rings (SSSR count). The number of nitrogens with zero attached hydrogens (tertiary/aromatic N) is 2. The molecule has 2 aromatic carbocycles. The molecule has 3 N–H and O–H groups in total. The highest BCUT2D eigenvalue weighted by Crippen LogP contribution is 2.28. The predicted octanol–water partition coefficient (Wildman–Crippen LogP) is 3.14. The van der Waals surface area contributed by atoms with Gasteiger partial charge in [-0.25, -0.2) is 4.39 Å². The van der Waals surface area contributed by atoms with Crippen molar-refractivity contribution in [2.45, 2.75) is 6.92 Å². The number of rotatable bonds is 2. The molecule has 0 aliphatic carbocycles. The van der Waals surface area contributed by atoms with Crippen LogP contribution in [-0.4, -0.2) is 15.2 Å². The number of aryl methyl sites for hydroxylation is 1. The molecule has 0 spiro atoms. The summed E-state index contributed by atoms with van der Waals surface area (Å²) in [4.78, 5) is 4.20. The quantitative estimate of drug-likeness (QED) is 0.558. The second-order valence-electron chi connectivity index (χ2n) is 4.66. The molecule has 0 saturated heterocycles. The molecule has 0 amide bonds. The molecule has 0 atom stereocenters. The van der Waals surface area contributed by atoms with Gasteiger partial charge in [0.25, 0.3) is 5.89 Å². The smallest absolute Gasteiger partial charge is 0.258 e. The van der Waals surface area contributed by atoms with Crippen LogP contribution in [0.3, 0.4) is 0 Å². The summed E-state index contributed by atoms with van der Waals surface area (Å²) in [5, 5.41) is 13.4. The Balaban J connectivity index is 1.99. The maximum absolute atomic E-state index is 13.6. The number of anilines is 1. The lowest BCUT2D eigenvalue weighted by Gasteiger charge is -1.99. The lowest BCUT2D eigenvalue weighted by Crippen LogP contribution is -1.87. The van der Waals surface area contributed by atoms with Crippen LogP contribution in [0.15, 0.2) is 40.9 Å². The van der Waals surface area contributed by atoms with E-state index >= 15 is 0 Å². The number of nitrogens with two attached hydrogens (primary N) is 1. The first-order valence-electron chi connectivity index (χ1n) is 6.23. The summed E-state index contributed by atoms with van der Waals surface area (Å²) in [7, 11) is 0. The number of nitrogen functional groups attached to an aromatic ring is 1. The molecule has 0 radical (unpaired) electrons. The maximum atomic E-state index is 13.6. The van der Waals surface area contributed by atoms with Gasteiger partial charge in [0, 0.05) is 11.1 Å². The van der Waals surface area contributed by atoms with Crippen LogP contribution in [0.2, 0.25) is 0 Å². The zero-order chi connectivity index (χ0) is 15.0. The van der Waals surface area contributed by atoms with E-state index in [4.69, 9.17) is 10.3 Å². The molecule has 0 fully saturated rings. The number of phenols is 1. The van der Waals surface area contributed by atoms with Crippen molar-refractivity contribution in [3.63, 3.8) is 0 Å². The third-order valence-electron chi connectivity index (χ3n) is 3.13. The second kappa shape index (κ2) is 4.90. The van der Waals surface area contributed by atoms with Crippen LogP contribution in [0.1, 0.15) is 5.56 Å². The van der Waals surface area contributed by atoms with Crippen LogP contribution >= 0.6 is 0 Å². The Morgan fingerprint density at radius 3 is 2.62 bits per heavy atom. The minimum atomic E-state index is -0.330. The summed E-state index contributed by atoms with van der Waals surface area (Å²) in [5.74, 6) is 0.110. The van der Waals surface area contributed by atoms with Gasteiger partial charge in [-0.05, 0) is 36.8 Å². The van der Waals surface area contributed by atoms with Crippen molar-refractivity contribution < 1.29 is 14.0 Å².